The third kappa shape index (κ3) is 1.72. The second kappa shape index (κ2) is 3.87. The van der Waals surface area contributed by atoms with Crippen LogP contribution in [0.2, 0.25) is 0 Å². The van der Waals surface area contributed by atoms with Crippen LogP contribution in [0.5, 0.6) is 0 Å². The molecule has 1 aliphatic carbocycles. The molecule has 0 amide bonds. The van der Waals surface area contributed by atoms with Crippen LogP contribution in [0.25, 0.3) is 0 Å². The first-order chi connectivity index (χ1) is 7.34. The highest BCUT2D eigenvalue weighted by atomic mass is 32.1. The van der Waals surface area contributed by atoms with Gasteiger partial charge in [0, 0.05) is 23.3 Å². The van der Waals surface area contributed by atoms with Crippen molar-refractivity contribution in [1.29, 1.82) is 0 Å². The monoisotopic (exact) mass is 222 g/mol. The molecule has 0 spiro atoms. The Bertz CT molecular complexity index is 349. The zero-order valence-corrected chi connectivity index (χ0v) is 10.1. The molecule has 0 radical (unpaired) electrons. The van der Waals surface area contributed by atoms with E-state index in [0.717, 1.165) is 12.5 Å². The molecule has 1 saturated heterocycles. The molecule has 82 valence electrons. The average molecular weight is 222 g/mol. The van der Waals surface area contributed by atoms with Crippen LogP contribution in [-0.4, -0.2) is 18.1 Å². The Morgan fingerprint density at radius 1 is 1.27 bits per heavy atom. The van der Waals surface area contributed by atoms with Crippen LogP contribution in [0.1, 0.15) is 53.1 Å². The van der Waals surface area contributed by atoms with Crippen LogP contribution in [-0.2, 0) is 0 Å². The van der Waals surface area contributed by atoms with Gasteiger partial charge >= 0.3 is 0 Å². The second-order valence-corrected chi connectivity index (χ2v) is 6.05. The van der Waals surface area contributed by atoms with E-state index in [0.29, 0.717) is 5.92 Å². The summed E-state index contributed by atoms with van der Waals surface area (Å²) >= 11 is 1.94. The Labute approximate surface area is 95.1 Å². The van der Waals surface area contributed by atoms with Gasteiger partial charge in [-0.2, -0.15) is 0 Å². The van der Waals surface area contributed by atoms with Crippen molar-refractivity contribution in [1.82, 2.24) is 10.3 Å². The van der Waals surface area contributed by atoms with Gasteiger partial charge in [0.25, 0.3) is 0 Å². The summed E-state index contributed by atoms with van der Waals surface area (Å²) in [7, 11) is 0. The van der Waals surface area contributed by atoms with Crippen molar-refractivity contribution in [3.63, 3.8) is 0 Å². The maximum absolute atomic E-state index is 4.89. The molecular formula is C12H18N2S. The maximum Gasteiger partial charge on any atom is 0.0975 e. The van der Waals surface area contributed by atoms with Gasteiger partial charge in [-0.25, -0.2) is 4.98 Å². The number of aryl methyl sites for hydroxylation is 1. The van der Waals surface area contributed by atoms with Crippen LogP contribution in [0, 0.1) is 6.92 Å². The van der Waals surface area contributed by atoms with Crippen molar-refractivity contribution >= 4 is 11.3 Å². The molecule has 1 aromatic heterocycles. The molecule has 0 bridgehead atoms. The number of rotatable bonds is 2. The van der Waals surface area contributed by atoms with Gasteiger partial charge in [0.1, 0.15) is 0 Å². The van der Waals surface area contributed by atoms with E-state index in [-0.39, 0.29) is 0 Å². The summed E-state index contributed by atoms with van der Waals surface area (Å²) in [5.74, 6) is 1.49. The van der Waals surface area contributed by atoms with Crippen LogP contribution in [0.15, 0.2) is 0 Å². The van der Waals surface area contributed by atoms with Gasteiger partial charge in [-0.05, 0) is 32.7 Å². The molecule has 0 aromatic carbocycles. The zero-order valence-electron chi connectivity index (χ0n) is 9.25. The van der Waals surface area contributed by atoms with Crippen molar-refractivity contribution in [3.05, 3.63) is 15.6 Å². The molecule has 1 aliphatic heterocycles. The van der Waals surface area contributed by atoms with Crippen LogP contribution in [0.4, 0.5) is 0 Å². The Balaban J connectivity index is 1.83. The van der Waals surface area contributed by atoms with Gasteiger partial charge in [-0.3, -0.25) is 0 Å². The zero-order chi connectivity index (χ0) is 10.3. The molecule has 3 rings (SSSR count). The number of aromatic nitrogens is 1. The fraction of sp³-hybridized carbons (Fsp3) is 0.750. The average Bonchev–Trinajstić information content (AvgIpc) is 2.72. The summed E-state index contributed by atoms with van der Waals surface area (Å²) in [5.41, 5.74) is 1.42. The third-order valence-electron chi connectivity index (χ3n) is 3.75. The predicted octanol–water partition coefficient (Wildman–Crippen LogP) is 2.80. The molecule has 2 nitrogen and oxygen atoms in total. The van der Waals surface area contributed by atoms with Crippen molar-refractivity contribution in [2.24, 2.45) is 0 Å². The Morgan fingerprint density at radius 2 is 2.13 bits per heavy atom. The van der Waals surface area contributed by atoms with Gasteiger partial charge in [0.05, 0.1) is 10.7 Å². The largest absolute Gasteiger partial charge is 0.316 e. The standard InChI is InChI=1S/C12H18N2S/c1-8-11(9-3-2-4-9)14-12(15-8)10-5-6-13-7-10/h9-10,13H,2-7H2,1H3. The molecule has 1 unspecified atom stereocenters. The van der Waals surface area contributed by atoms with E-state index in [4.69, 9.17) is 4.98 Å². The van der Waals surface area contributed by atoms with E-state index in [9.17, 15) is 0 Å². The normalized spacial score (nSPS) is 26.9. The molecule has 1 atom stereocenters. The molecule has 1 saturated carbocycles. The topological polar surface area (TPSA) is 24.9 Å². The maximum atomic E-state index is 4.89. The molecule has 2 aliphatic rings. The first kappa shape index (κ1) is 9.79. The highest BCUT2D eigenvalue weighted by Gasteiger charge is 2.27. The molecular weight excluding hydrogens is 204 g/mol. The summed E-state index contributed by atoms with van der Waals surface area (Å²) < 4.78 is 0. The van der Waals surface area contributed by atoms with Gasteiger partial charge in [0.2, 0.25) is 0 Å². The van der Waals surface area contributed by atoms with Crippen LogP contribution < -0.4 is 5.32 Å². The lowest BCUT2D eigenvalue weighted by molar-refractivity contribution is 0.410. The molecule has 15 heavy (non-hydrogen) atoms. The minimum atomic E-state index is 0.697. The van der Waals surface area contributed by atoms with E-state index in [1.165, 1.54) is 47.8 Å². The minimum absolute atomic E-state index is 0.697. The number of hydrogen-bond acceptors (Lipinski definition) is 3. The number of nitrogens with one attached hydrogen (secondary N) is 1. The Hall–Kier alpha value is -0.410. The number of thiazole rings is 1. The van der Waals surface area contributed by atoms with E-state index in [1.807, 2.05) is 11.3 Å². The quantitative estimate of drug-likeness (QED) is 0.832. The summed E-state index contributed by atoms with van der Waals surface area (Å²) in [6, 6.07) is 0. The summed E-state index contributed by atoms with van der Waals surface area (Å²) in [6.07, 6.45) is 5.42. The lowest BCUT2D eigenvalue weighted by Crippen LogP contribution is -2.11. The number of hydrogen-bond donors (Lipinski definition) is 1. The predicted molar refractivity (Wildman–Crippen MR) is 63.7 cm³/mol. The van der Waals surface area contributed by atoms with Crippen LogP contribution >= 0.6 is 11.3 Å². The second-order valence-electron chi connectivity index (χ2n) is 4.81. The smallest absolute Gasteiger partial charge is 0.0975 e. The molecule has 1 aromatic rings. The fourth-order valence-corrected chi connectivity index (χ4v) is 3.67. The van der Waals surface area contributed by atoms with E-state index >= 15 is 0 Å². The summed E-state index contributed by atoms with van der Waals surface area (Å²) in [6.45, 7) is 4.55. The summed E-state index contributed by atoms with van der Waals surface area (Å²) in [5, 5.41) is 4.81. The SMILES string of the molecule is Cc1sc(C2CCNC2)nc1C1CCC1. The fourth-order valence-electron chi connectivity index (χ4n) is 2.53. The van der Waals surface area contributed by atoms with E-state index in [1.54, 1.807) is 0 Å². The first-order valence-electron chi connectivity index (χ1n) is 6.02. The van der Waals surface area contributed by atoms with Crippen molar-refractivity contribution < 1.29 is 0 Å². The highest BCUT2D eigenvalue weighted by molar-refractivity contribution is 7.11. The van der Waals surface area contributed by atoms with Gasteiger partial charge in [-0.1, -0.05) is 6.42 Å². The molecule has 2 heterocycles. The third-order valence-corrected chi connectivity index (χ3v) is 4.90. The first-order valence-corrected chi connectivity index (χ1v) is 6.84. The van der Waals surface area contributed by atoms with Gasteiger partial charge in [0.15, 0.2) is 0 Å². The lowest BCUT2D eigenvalue weighted by atomic mass is 9.82. The highest BCUT2D eigenvalue weighted by Crippen LogP contribution is 2.40. The van der Waals surface area contributed by atoms with Gasteiger partial charge in [-0.15, -0.1) is 11.3 Å². The Morgan fingerprint density at radius 3 is 2.73 bits per heavy atom. The summed E-state index contributed by atoms with van der Waals surface area (Å²) in [4.78, 5) is 6.37. The Kier molecular flexibility index (Phi) is 2.53. The van der Waals surface area contributed by atoms with E-state index < -0.39 is 0 Å². The minimum Gasteiger partial charge on any atom is -0.316 e. The lowest BCUT2D eigenvalue weighted by Gasteiger charge is -2.24. The van der Waals surface area contributed by atoms with Crippen LogP contribution in [0.3, 0.4) is 0 Å². The van der Waals surface area contributed by atoms with Gasteiger partial charge < -0.3 is 5.32 Å². The number of nitrogens with zero attached hydrogens (tertiary/aromatic N) is 1. The van der Waals surface area contributed by atoms with Crippen molar-refractivity contribution in [2.45, 2.75) is 44.4 Å². The van der Waals surface area contributed by atoms with Crippen molar-refractivity contribution in [2.75, 3.05) is 13.1 Å². The van der Waals surface area contributed by atoms with E-state index in [2.05, 4.69) is 12.2 Å². The van der Waals surface area contributed by atoms with Crippen molar-refractivity contribution in [3.8, 4) is 0 Å². The molecule has 3 heteroatoms. The molecule has 2 fully saturated rings. The molecule has 1 N–H and O–H groups in total.